The molecule has 4 nitrogen and oxygen atoms in total. The number of nitrogens with zero attached hydrogens (tertiary/aromatic N) is 2. The van der Waals surface area contributed by atoms with Crippen molar-refractivity contribution in [2.45, 2.75) is 12.8 Å². The molecule has 6 heteroatoms. The second kappa shape index (κ2) is 7.56. The number of hydrogen-bond acceptors (Lipinski definition) is 3. The third-order valence-electron chi connectivity index (χ3n) is 2.38. The average Bonchev–Trinajstić information content (AvgIpc) is 2.31. The van der Waals surface area contributed by atoms with Gasteiger partial charge in [-0.2, -0.15) is 0 Å². The number of hydrogen-bond donors (Lipinski definition) is 1. The molecular weight excluding hydrogens is 273 g/mol. The second-order valence-electron chi connectivity index (χ2n) is 4.26. The van der Waals surface area contributed by atoms with E-state index < -0.39 is 0 Å². The average molecular weight is 290 g/mol. The molecule has 0 radical (unpaired) electrons. The fourth-order valence-corrected chi connectivity index (χ4v) is 1.67. The third-order valence-corrected chi connectivity index (χ3v) is 3.06. The van der Waals surface area contributed by atoms with Crippen LogP contribution in [0.15, 0.2) is 12.3 Å². The van der Waals surface area contributed by atoms with Crippen molar-refractivity contribution in [2.75, 3.05) is 27.2 Å². The third kappa shape index (κ3) is 5.21. The summed E-state index contributed by atoms with van der Waals surface area (Å²) in [7, 11) is 4.06. The van der Waals surface area contributed by atoms with Crippen LogP contribution in [0.3, 0.4) is 0 Å². The van der Waals surface area contributed by atoms with Gasteiger partial charge >= 0.3 is 0 Å². The summed E-state index contributed by atoms with van der Waals surface area (Å²) in [5.41, 5.74) is 0.428. The van der Waals surface area contributed by atoms with Crippen molar-refractivity contribution < 1.29 is 4.79 Å². The van der Waals surface area contributed by atoms with E-state index in [1.807, 2.05) is 14.1 Å². The van der Waals surface area contributed by atoms with Crippen LogP contribution in [0, 0.1) is 0 Å². The van der Waals surface area contributed by atoms with Gasteiger partial charge in [-0.3, -0.25) is 4.79 Å². The van der Waals surface area contributed by atoms with E-state index in [0.717, 1.165) is 19.4 Å². The zero-order valence-corrected chi connectivity index (χ0v) is 12.1. The topological polar surface area (TPSA) is 45.2 Å². The smallest absolute Gasteiger partial charge is 0.252 e. The highest BCUT2D eigenvalue weighted by atomic mass is 35.5. The SMILES string of the molecule is CN(C)CCCCNC(=O)c1cnc(Cl)c(Cl)c1. The zero-order valence-electron chi connectivity index (χ0n) is 10.5. The van der Waals surface area contributed by atoms with Gasteiger partial charge in [-0.25, -0.2) is 4.98 Å². The van der Waals surface area contributed by atoms with Gasteiger partial charge in [0.25, 0.3) is 5.91 Å². The van der Waals surface area contributed by atoms with Crippen molar-refractivity contribution in [3.8, 4) is 0 Å². The summed E-state index contributed by atoms with van der Waals surface area (Å²) in [6, 6.07) is 1.52. The summed E-state index contributed by atoms with van der Waals surface area (Å²) in [6.45, 7) is 1.66. The Morgan fingerprint density at radius 2 is 2.11 bits per heavy atom. The first-order chi connectivity index (χ1) is 8.50. The number of carbonyl (C=O) groups excluding carboxylic acids is 1. The maximum atomic E-state index is 11.7. The molecule has 1 heterocycles. The first kappa shape index (κ1) is 15.2. The molecule has 0 aromatic carbocycles. The van der Waals surface area contributed by atoms with Crippen molar-refractivity contribution >= 4 is 29.1 Å². The molecule has 0 saturated carbocycles. The number of rotatable bonds is 6. The first-order valence-electron chi connectivity index (χ1n) is 5.74. The maximum absolute atomic E-state index is 11.7. The molecule has 1 aromatic heterocycles. The minimum absolute atomic E-state index is 0.175. The fourth-order valence-electron chi connectivity index (χ4n) is 1.40. The minimum Gasteiger partial charge on any atom is -0.352 e. The lowest BCUT2D eigenvalue weighted by molar-refractivity contribution is 0.0952. The quantitative estimate of drug-likeness (QED) is 0.646. The molecule has 100 valence electrons. The number of unbranched alkanes of at least 4 members (excludes halogenated alkanes) is 1. The van der Waals surface area contributed by atoms with E-state index in [9.17, 15) is 4.79 Å². The van der Waals surface area contributed by atoms with Gasteiger partial charge in [-0.1, -0.05) is 23.2 Å². The fraction of sp³-hybridized carbons (Fsp3) is 0.500. The van der Waals surface area contributed by atoms with Crippen LogP contribution in [0.2, 0.25) is 10.2 Å². The lowest BCUT2D eigenvalue weighted by Gasteiger charge is -2.09. The van der Waals surface area contributed by atoms with Gasteiger partial charge in [0, 0.05) is 12.7 Å². The van der Waals surface area contributed by atoms with E-state index in [1.54, 1.807) is 0 Å². The van der Waals surface area contributed by atoms with E-state index in [1.165, 1.54) is 12.3 Å². The summed E-state index contributed by atoms with van der Waals surface area (Å²) in [6.07, 6.45) is 3.41. The highest BCUT2D eigenvalue weighted by Crippen LogP contribution is 2.19. The number of nitrogens with one attached hydrogen (secondary N) is 1. The number of carbonyl (C=O) groups is 1. The molecule has 1 N–H and O–H groups in total. The molecule has 0 aliphatic heterocycles. The van der Waals surface area contributed by atoms with E-state index in [-0.39, 0.29) is 16.1 Å². The van der Waals surface area contributed by atoms with Crippen LogP contribution in [0.1, 0.15) is 23.2 Å². The molecule has 18 heavy (non-hydrogen) atoms. The van der Waals surface area contributed by atoms with Gasteiger partial charge in [0.15, 0.2) is 0 Å². The van der Waals surface area contributed by atoms with Gasteiger partial charge in [-0.05, 0) is 39.5 Å². The standard InChI is InChI=1S/C12H17Cl2N3O/c1-17(2)6-4-3-5-15-12(18)9-7-10(13)11(14)16-8-9/h7-8H,3-6H2,1-2H3,(H,15,18). The minimum atomic E-state index is -0.175. The van der Waals surface area contributed by atoms with E-state index in [2.05, 4.69) is 15.2 Å². The van der Waals surface area contributed by atoms with Crippen molar-refractivity contribution in [2.24, 2.45) is 0 Å². The summed E-state index contributed by atoms with van der Waals surface area (Å²) >= 11 is 11.5. The Hall–Kier alpha value is -0.840. The lowest BCUT2D eigenvalue weighted by Crippen LogP contribution is -2.25. The predicted octanol–water partition coefficient (Wildman–Crippen LogP) is 2.46. The Morgan fingerprint density at radius 1 is 1.39 bits per heavy atom. The zero-order chi connectivity index (χ0) is 13.5. The molecule has 0 bridgehead atoms. The van der Waals surface area contributed by atoms with Crippen LogP contribution in [-0.2, 0) is 0 Å². The Balaban J connectivity index is 2.34. The van der Waals surface area contributed by atoms with Crippen molar-refractivity contribution in [3.63, 3.8) is 0 Å². The van der Waals surface area contributed by atoms with Gasteiger partial charge < -0.3 is 10.2 Å². The van der Waals surface area contributed by atoms with Crippen LogP contribution in [-0.4, -0.2) is 43.0 Å². The molecule has 1 amide bonds. The van der Waals surface area contributed by atoms with Gasteiger partial charge in [0.05, 0.1) is 10.6 Å². The molecular formula is C12H17Cl2N3O. The molecule has 1 rings (SSSR count). The Labute approximate surface area is 117 Å². The highest BCUT2D eigenvalue weighted by molar-refractivity contribution is 6.41. The molecule has 0 saturated heterocycles. The van der Waals surface area contributed by atoms with Crippen LogP contribution < -0.4 is 5.32 Å². The number of amides is 1. The highest BCUT2D eigenvalue weighted by Gasteiger charge is 2.08. The molecule has 0 fully saturated rings. The van der Waals surface area contributed by atoms with Gasteiger partial charge in [0.1, 0.15) is 5.15 Å². The summed E-state index contributed by atoms with van der Waals surface area (Å²) in [5.74, 6) is -0.175. The summed E-state index contributed by atoms with van der Waals surface area (Å²) in [4.78, 5) is 17.7. The molecule has 0 spiro atoms. The first-order valence-corrected chi connectivity index (χ1v) is 6.50. The van der Waals surface area contributed by atoms with Crippen LogP contribution >= 0.6 is 23.2 Å². The monoisotopic (exact) mass is 289 g/mol. The van der Waals surface area contributed by atoms with E-state index in [0.29, 0.717) is 12.1 Å². The number of pyridine rings is 1. The Kier molecular flexibility index (Phi) is 6.39. The predicted molar refractivity (Wildman–Crippen MR) is 74.4 cm³/mol. The Morgan fingerprint density at radius 3 is 2.72 bits per heavy atom. The normalized spacial score (nSPS) is 10.7. The molecule has 0 unspecified atom stereocenters. The van der Waals surface area contributed by atoms with Crippen molar-refractivity contribution in [3.05, 3.63) is 28.0 Å². The van der Waals surface area contributed by atoms with Gasteiger partial charge in [-0.15, -0.1) is 0 Å². The second-order valence-corrected chi connectivity index (χ2v) is 5.03. The molecule has 1 aromatic rings. The number of halogens is 2. The van der Waals surface area contributed by atoms with E-state index in [4.69, 9.17) is 23.2 Å². The Bertz CT molecular complexity index is 410. The maximum Gasteiger partial charge on any atom is 0.252 e. The van der Waals surface area contributed by atoms with Crippen molar-refractivity contribution in [1.82, 2.24) is 15.2 Å². The molecule has 0 aliphatic rings. The van der Waals surface area contributed by atoms with E-state index >= 15 is 0 Å². The van der Waals surface area contributed by atoms with Gasteiger partial charge in [0.2, 0.25) is 0 Å². The molecule has 0 atom stereocenters. The molecule has 0 aliphatic carbocycles. The van der Waals surface area contributed by atoms with Crippen molar-refractivity contribution in [1.29, 1.82) is 0 Å². The number of aromatic nitrogens is 1. The summed E-state index contributed by atoms with van der Waals surface area (Å²) < 4.78 is 0. The van der Waals surface area contributed by atoms with Crippen LogP contribution in [0.4, 0.5) is 0 Å². The lowest BCUT2D eigenvalue weighted by atomic mass is 10.2. The largest absolute Gasteiger partial charge is 0.352 e. The van der Waals surface area contributed by atoms with Crippen LogP contribution in [0.5, 0.6) is 0 Å². The van der Waals surface area contributed by atoms with Crippen LogP contribution in [0.25, 0.3) is 0 Å². The summed E-state index contributed by atoms with van der Waals surface area (Å²) in [5, 5.41) is 3.32.